The number of carbonyl (C=O) groups is 1. The van der Waals surface area contributed by atoms with E-state index in [0.29, 0.717) is 5.92 Å². The highest BCUT2D eigenvalue weighted by Gasteiger charge is 2.51. The SMILES string of the molecule is CCCC1(O)CCC2(CCN(c3ccc(C(C)C)cc3)C2=O)CC1. The van der Waals surface area contributed by atoms with Crippen LogP contribution in [0.5, 0.6) is 0 Å². The first-order chi connectivity index (χ1) is 11.4. The normalized spacial score (nSPS) is 30.5. The van der Waals surface area contributed by atoms with Crippen LogP contribution in [0.25, 0.3) is 0 Å². The molecule has 1 aromatic carbocycles. The van der Waals surface area contributed by atoms with Crippen molar-refractivity contribution in [3.63, 3.8) is 0 Å². The third-order valence-electron chi connectivity index (χ3n) is 6.24. The lowest BCUT2D eigenvalue weighted by atomic mass is 9.67. The zero-order valence-electron chi connectivity index (χ0n) is 15.3. The zero-order valence-corrected chi connectivity index (χ0v) is 15.3. The molecular formula is C21H31NO2. The Bertz CT molecular complexity index is 582. The summed E-state index contributed by atoms with van der Waals surface area (Å²) < 4.78 is 0. The second-order valence-electron chi connectivity index (χ2n) is 8.21. The lowest BCUT2D eigenvalue weighted by Gasteiger charge is -2.41. The van der Waals surface area contributed by atoms with Crippen LogP contribution in [-0.4, -0.2) is 23.2 Å². The van der Waals surface area contributed by atoms with E-state index >= 15 is 0 Å². The second-order valence-corrected chi connectivity index (χ2v) is 8.21. The van der Waals surface area contributed by atoms with E-state index in [0.717, 1.165) is 57.2 Å². The van der Waals surface area contributed by atoms with Crippen molar-refractivity contribution in [3.05, 3.63) is 29.8 Å². The summed E-state index contributed by atoms with van der Waals surface area (Å²) in [5.41, 5.74) is 1.57. The Balaban J connectivity index is 1.71. The Morgan fingerprint density at radius 3 is 2.25 bits per heavy atom. The highest BCUT2D eigenvalue weighted by atomic mass is 16.3. The minimum Gasteiger partial charge on any atom is -0.390 e. The molecule has 24 heavy (non-hydrogen) atoms. The van der Waals surface area contributed by atoms with E-state index in [9.17, 15) is 9.90 Å². The van der Waals surface area contributed by atoms with E-state index < -0.39 is 5.60 Å². The third-order valence-corrected chi connectivity index (χ3v) is 6.24. The van der Waals surface area contributed by atoms with E-state index in [1.54, 1.807) is 0 Å². The van der Waals surface area contributed by atoms with Crippen molar-refractivity contribution >= 4 is 11.6 Å². The van der Waals surface area contributed by atoms with Gasteiger partial charge >= 0.3 is 0 Å². The molecule has 0 radical (unpaired) electrons. The summed E-state index contributed by atoms with van der Waals surface area (Å²) in [7, 11) is 0. The van der Waals surface area contributed by atoms with E-state index in [2.05, 4.69) is 45.0 Å². The number of hydrogen-bond donors (Lipinski definition) is 1. The molecule has 1 heterocycles. The molecule has 1 amide bonds. The van der Waals surface area contributed by atoms with Crippen LogP contribution in [0, 0.1) is 5.41 Å². The minimum absolute atomic E-state index is 0.226. The molecule has 0 aromatic heterocycles. The Labute approximate surface area is 146 Å². The van der Waals surface area contributed by atoms with E-state index in [4.69, 9.17) is 0 Å². The van der Waals surface area contributed by atoms with Gasteiger partial charge in [0.2, 0.25) is 5.91 Å². The lowest BCUT2D eigenvalue weighted by molar-refractivity contribution is -0.130. The molecule has 1 aliphatic heterocycles. The first kappa shape index (κ1) is 17.5. The van der Waals surface area contributed by atoms with Gasteiger partial charge in [0, 0.05) is 12.2 Å². The molecule has 2 fully saturated rings. The Kier molecular flexibility index (Phi) is 4.74. The van der Waals surface area contributed by atoms with Crippen molar-refractivity contribution in [3.8, 4) is 0 Å². The van der Waals surface area contributed by atoms with Crippen LogP contribution in [0.15, 0.2) is 24.3 Å². The molecule has 1 N–H and O–H groups in total. The largest absolute Gasteiger partial charge is 0.390 e. The van der Waals surface area contributed by atoms with Gasteiger partial charge < -0.3 is 10.0 Å². The summed E-state index contributed by atoms with van der Waals surface area (Å²) in [6.07, 6.45) is 6.01. The quantitative estimate of drug-likeness (QED) is 0.874. The molecule has 3 heteroatoms. The van der Waals surface area contributed by atoms with Gasteiger partial charge in [0.1, 0.15) is 0 Å². The molecule has 132 valence electrons. The molecular weight excluding hydrogens is 298 g/mol. The Morgan fingerprint density at radius 1 is 1.08 bits per heavy atom. The summed E-state index contributed by atoms with van der Waals surface area (Å²) in [5.74, 6) is 0.785. The molecule has 1 spiro atoms. The number of rotatable bonds is 4. The minimum atomic E-state index is -0.535. The summed E-state index contributed by atoms with van der Waals surface area (Å²) >= 11 is 0. The average Bonchev–Trinajstić information content (AvgIpc) is 2.88. The molecule has 1 saturated heterocycles. The monoisotopic (exact) mass is 329 g/mol. The van der Waals surface area contributed by atoms with Crippen LogP contribution < -0.4 is 4.90 Å². The predicted octanol–water partition coefficient (Wildman–Crippen LogP) is 4.64. The summed E-state index contributed by atoms with van der Waals surface area (Å²) in [4.78, 5) is 15.1. The van der Waals surface area contributed by atoms with Crippen LogP contribution in [0.1, 0.15) is 77.2 Å². The van der Waals surface area contributed by atoms with Gasteiger partial charge in [0.25, 0.3) is 0 Å². The first-order valence-corrected chi connectivity index (χ1v) is 9.53. The average molecular weight is 329 g/mol. The molecule has 2 aliphatic rings. The highest BCUT2D eigenvalue weighted by Crippen LogP contribution is 2.49. The van der Waals surface area contributed by atoms with Gasteiger partial charge in [-0.05, 0) is 62.1 Å². The van der Waals surface area contributed by atoms with Gasteiger partial charge in [-0.25, -0.2) is 0 Å². The van der Waals surface area contributed by atoms with Crippen LogP contribution >= 0.6 is 0 Å². The van der Waals surface area contributed by atoms with Crippen molar-refractivity contribution < 1.29 is 9.90 Å². The molecule has 3 rings (SSSR count). The fourth-order valence-electron chi connectivity index (χ4n) is 4.48. The molecule has 1 aliphatic carbocycles. The van der Waals surface area contributed by atoms with Crippen LogP contribution in [-0.2, 0) is 4.79 Å². The Hall–Kier alpha value is -1.35. The van der Waals surface area contributed by atoms with Gasteiger partial charge in [0.15, 0.2) is 0 Å². The van der Waals surface area contributed by atoms with Crippen LogP contribution in [0.2, 0.25) is 0 Å². The molecule has 0 atom stereocenters. The van der Waals surface area contributed by atoms with E-state index in [1.807, 2.05) is 4.90 Å². The topological polar surface area (TPSA) is 40.5 Å². The molecule has 3 nitrogen and oxygen atoms in total. The number of aliphatic hydroxyl groups is 1. The van der Waals surface area contributed by atoms with Crippen molar-refractivity contribution in [1.29, 1.82) is 0 Å². The van der Waals surface area contributed by atoms with Gasteiger partial charge in [-0.1, -0.05) is 39.3 Å². The van der Waals surface area contributed by atoms with Crippen molar-refractivity contribution in [2.45, 2.75) is 77.2 Å². The maximum atomic E-state index is 13.1. The van der Waals surface area contributed by atoms with Gasteiger partial charge in [-0.15, -0.1) is 0 Å². The number of amides is 1. The summed E-state index contributed by atoms with van der Waals surface area (Å²) in [6.45, 7) is 7.30. The molecule has 1 saturated carbocycles. The number of anilines is 1. The van der Waals surface area contributed by atoms with Gasteiger partial charge in [-0.3, -0.25) is 4.79 Å². The van der Waals surface area contributed by atoms with E-state index in [-0.39, 0.29) is 11.3 Å². The van der Waals surface area contributed by atoms with Crippen molar-refractivity contribution in [1.82, 2.24) is 0 Å². The number of hydrogen-bond acceptors (Lipinski definition) is 2. The van der Waals surface area contributed by atoms with Crippen molar-refractivity contribution in [2.24, 2.45) is 5.41 Å². The molecule has 0 bridgehead atoms. The van der Waals surface area contributed by atoms with Gasteiger partial charge in [0.05, 0.1) is 11.0 Å². The smallest absolute Gasteiger partial charge is 0.233 e. The number of nitrogens with zero attached hydrogens (tertiary/aromatic N) is 1. The number of benzene rings is 1. The second kappa shape index (κ2) is 6.51. The fourth-order valence-corrected chi connectivity index (χ4v) is 4.48. The lowest BCUT2D eigenvalue weighted by Crippen LogP contribution is -2.43. The first-order valence-electron chi connectivity index (χ1n) is 9.53. The fraction of sp³-hybridized carbons (Fsp3) is 0.667. The summed E-state index contributed by atoms with van der Waals surface area (Å²) in [5, 5.41) is 10.6. The third kappa shape index (κ3) is 3.11. The summed E-state index contributed by atoms with van der Waals surface area (Å²) in [6, 6.07) is 8.45. The highest BCUT2D eigenvalue weighted by molar-refractivity contribution is 6.00. The predicted molar refractivity (Wildman–Crippen MR) is 98.3 cm³/mol. The van der Waals surface area contributed by atoms with E-state index in [1.165, 1.54) is 5.56 Å². The van der Waals surface area contributed by atoms with Gasteiger partial charge in [-0.2, -0.15) is 0 Å². The maximum Gasteiger partial charge on any atom is 0.233 e. The zero-order chi connectivity index (χ0) is 17.4. The molecule has 0 unspecified atom stereocenters. The molecule has 1 aromatic rings. The van der Waals surface area contributed by atoms with Crippen LogP contribution in [0.4, 0.5) is 5.69 Å². The maximum absolute atomic E-state index is 13.1. The number of carbonyl (C=O) groups excluding carboxylic acids is 1. The Morgan fingerprint density at radius 2 is 1.71 bits per heavy atom. The van der Waals surface area contributed by atoms with Crippen LogP contribution in [0.3, 0.4) is 0 Å². The standard InChI is InChI=1S/C21H31NO2/c1-4-9-21(24)12-10-20(11-13-21)14-15-22(19(20)23)18-7-5-17(6-8-18)16(2)3/h5-8,16,24H,4,9-15H2,1-3H3. The van der Waals surface area contributed by atoms with Crippen molar-refractivity contribution in [2.75, 3.05) is 11.4 Å².